The Kier molecular flexibility index (Phi) is 7.87. The molecule has 0 aliphatic carbocycles. The Morgan fingerprint density at radius 2 is 1.58 bits per heavy atom. The first-order chi connectivity index (χ1) is 17.5. The zero-order chi connectivity index (χ0) is 25.3. The second-order valence-electron chi connectivity index (χ2n) is 7.90. The summed E-state index contributed by atoms with van der Waals surface area (Å²) in [6.45, 7) is -0.424. The van der Waals surface area contributed by atoms with Crippen LogP contribution in [0.5, 0.6) is 5.75 Å². The highest BCUT2D eigenvalue weighted by molar-refractivity contribution is 6.02. The predicted molar refractivity (Wildman–Crippen MR) is 132 cm³/mol. The largest absolute Gasteiger partial charge is 0.457 e. The Morgan fingerprint density at radius 1 is 0.806 bits per heavy atom. The molecule has 0 aliphatic heterocycles. The molecule has 3 aromatic carbocycles. The lowest BCUT2D eigenvalue weighted by molar-refractivity contribution is -0.142. The van der Waals surface area contributed by atoms with Gasteiger partial charge in [0.2, 0.25) is 11.7 Å². The Labute approximate surface area is 206 Å². The first kappa shape index (κ1) is 24.4. The standard InChI is InChI=1S/C28H23NO7/c30-24(20-13-15-21(16-14-20)36-28(33)25-10-5-17-34-25)18-35-27(32)12-4-11-26(31)29-23-9-3-7-19-6-1-2-8-22(19)23/h1-3,5-10,13-17H,4,11-12,18H2,(H,29,31). The molecule has 8 heteroatoms. The van der Waals surface area contributed by atoms with Gasteiger partial charge in [0.15, 0.2) is 12.4 Å². The summed E-state index contributed by atoms with van der Waals surface area (Å²) < 4.78 is 15.2. The van der Waals surface area contributed by atoms with Crippen LogP contribution in [0.2, 0.25) is 0 Å². The van der Waals surface area contributed by atoms with Gasteiger partial charge in [-0.05, 0) is 54.3 Å². The van der Waals surface area contributed by atoms with E-state index in [-0.39, 0.29) is 30.3 Å². The van der Waals surface area contributed by atoms with Crippen LogP contribution in [0.4, 0.5) is 5.69 Å². The van der Waals surface area contributed by atoms with Crippen molar-refractivity contribution in [3.05, 3.63) is 96.4 Å². The van der Waals surface area contributed by atoms with Crippen molar-refractivity contribution in [1.82, 2.24) is 0 Å². The topological polar surface area (TPSA) is 112 Å². The second-order valence-corrected chi connectivity index (χ2v) is 7.90. The number of esters is 2. The van der Waals surface area contributed by atoms with E-state index < -0.39 is 24.3 Å². The highest BCUT2D eigenvalue weighted by atomic mass is 16.5. The maximum absolute atomic E-state index is 12.3. The molecule has 0 saturated carbocycles. The zero-order valence-electron chi connectivity index (χ0n) is 19.3. The van der Waals surface area contributed by atoms with Crippen LogP contribution in [0.15, 0.2) is 89.5 Å². The number of Topliss-reactive ketones (excluding diaryl/α,β-unsaturated/α-hetero) is 1. The van der Waals surface area contributed by atoms with Crippen LogP contribution in [0.3, 0.4) is 0 Å². The van der Waals surface area contributed by atoms with Gasteiger partial charge in [0.05, 0.1) is 6.26 Å². The van der Waals surface area contributed by atoms with Gasteiger partial charge in [-0.2, -0.15) is 0 Å². The molecule has 182 valence electrons. The van der Waals surface area contributed by atoms with Gasteiger partial charge in [-0.15, -0.1) is 0 Å². The number of nitrogens with one attached hydrogen (secondary N) is 1. The van der Waals surface area contributed by atoms with Crippen LogP contribution in [0.1, 0.15) is 40.2 Å². The van der Waals surface area contributed by atoms with E-state index in [1.807, 2.05) is 42.5 Å². The van der Waals surface area contributed by atoms with Gasteiger partial charge in [-0.1, -0.05) is 36.4 Å². The van der Waals surface area contributed by atoms with Gasteiger partial charge in [0.25, 0.3) is 0 Å². The molecule has 0 spiro atoms. The Hall–Kier alpha value is -4.72. The SMILES string of the molecule is O=C(CCCC(=O)OCC(=O)c1ccc(OC(=O)c2ccco2)cc1)Nc1cccc2ccccc12. The predicted octanol–water partition coefficient (Wildman–Crippen LogP) is 5.19. The fourth-order valence-electron chi connectivity index (χ4n) is 3.50. The number of benzene rings is 3. The van der Waals surface area contributed by atoms with Crippen molar-refractivity contribution in [2.24, 2.45) is 0 Å². The number of ether oxygens (including phenoxy) is 2. The average Bonchev–Trinajstić information content (AvgIpc) is 3.43. The highest BCUT2D eigenvalue weighted by Crippen LogP contribution is 2.23. The molecule has 0 radical (unpaired) electrons. The van der Waals surface area contributed by atoms with Gasteiger partial charge in [0.1, 0.15) is 5.75 Å². The summed E-state index contributed by atoms with van der Waals surface area (Å²) in [6.07, 6.45) is 1.81. The average molecular weight is 485 g/mol. The minimum Gasteiger partial charge on any atom is -0.457 e. The van der Waals surface area contributed by atoms with Gasteiger partial charge in [-0.25, -0.2) is 4.79 Å². The van der Waals surface area contributed by atoms with Gasteiger partial charge >= 0.3 is 11.9 Å². The third-order valence-electron chi connectivity index (χ3n) is 5.32. The summed E-state index contributed by atoms with van der Waals surface area (Å²) >= 11 is 0. The van der Waals surface area contributed by atoms with E-state index in [2.05, 4.69) is 5.32 Å². The van der Waals surface area contributed by atoms with Crippen LogP contribution < -0.4 is 10.1 Å². The maximum atomic E-state index is 12.3. The highest BCUT2D eigenvalue weighted by Gasteiger charge is 2.14. The number of rotatable bonds is 10. The minimum absolute atomic E-state index is 0.0118. The molecule has 1 heterocycles. The first-order valence-electron chi connectivity index (χ1n) is 11.3. The van der Waals surface area contributed by atoms with Crippen molar-refractivity contribution in [2.75, 3.05) is 11.9 Å². The number of furan rings is 1. The third kappa shape index (κ3) is 6.44. The summed E-state index contributed by atoms with van der Waals surface area (Å²) in [5.41, 5.74) is 1.02. The number of hydrogen-bond acceptors (Lipinski definition) is 7. The van der Waals surface area contributed by atoms with Crippen LogP contribution in [-0.4, -0.2) is 30.2 Å². The van der Waals surface area contributed by atoms with Gasteiger partial charge < -0.3 is 19.2 Å². The quantitative estimate of drug-likeness (QED) is 0.187. The summed E-state index contributed by atoms with van der Waals surface area (Å²) in [4.78, 5) is 48.5. The molecule has 4 rings (SSSR count). The first-order valence-corrected chi connectivity index (χ1v) is 11.3. The van der Waals surface area contributed by atoms with Crippen molar-refractivity contribution in [1.29, 1.82) is 0 Å². The molecule has 0 fully saturated rings. The summed E-state index contributed by atoms with van der Waals surface area (Å²) in [7, 11) is 0. The zero-order valence-corrected chi connectivity index (χ0v) is 19.3. The molecule has 0 bridgehead atoms. The summed E-state index contributed by atoms with van der Waals surface area (Å²) in [6, 6.07) is 22.3. The molecule has 1 aromatic heterocycles. The molecule has 36 heavy (non-hydrogen) atoms. The van der Waals surface area contributed by atoms with Crippen molar-refractivity contribution >= 4 is 40.1 Å². The number of anilines is 1. The fourth-order valence-corrected chi connectivity index (χ4v) is 3.50. The minimum atomic E-state index is -0.654. The van der Waals surface area contributed by atoms with Crippen LogP contribution in [0.25, 0.3) is 10.8 Å². The van der Waals surface area contributed by atoms with Crippen molar-refractivity contribution in [2.45, 2.75) is 19.3 Å². The number of amides is 1. The number of carbonyl (C=O) groups excluding carboxylic acids is 4. The molecule has 0 atom stereocenters. The number of fused-ring (bicyclic) bond motifs is 1. The third-order valence-corrected chi connectivity index (χ3v) is 5.32. The molecular formula is C28H23NO7. The van der Waals surface area contributed by atoms with Crippen molar-refractivity contribution in [3.63, 3.8) is 0 Å². The molecular weight excluding hydrogens is 462 g/mol. The molecule has 0 aliphatic rings. The van der Waals surface area contributed by atoms with Crippen LogP contribution in [-0.2, 0) is 14.3 Å². The summed E-state index contributed by atoms with van der Waals surface area (Å²) in [5.74, 6) is -1.52. The van der Waals surface area contributed by atoms with Crippen LogP contribution in [0, 0.1) is 0 Å². The Morgan fingerprint density at radius 3 is 2.36 bits per heavy atom. The van der Waals surface area contributed by atoms with E-state index in [1.54, 1.807) is 6.07 Å². The molecule has 8 nitrogen and oxygen atoms in total. The van der Waals surface area contributed by atoms with Gasteiger partial charge in [-0.3, -0.25) is 14.4 Å². The van der Waals surface area contributed by atoms with E-state index in [1.165, 1.54) is 36.6 Å². The summed E-state index contributed by atoms with van der Waals surface area (Å²) in [5, 5.41) is 4.83. The van der Waals surface area contributed by atoms with Crippen LogP contribution >= 0.6 is 0 Å². The number of carbonyl (C=O) groups is 4. The molecule has 0 saturated heterocycles. The maximum Gasteiger partial charge on any atom is 0.379 e. The second kappa shape index (κ2) is 11.6. The van der Waals surface area contributed by atoms with E-state index in [0.717, 1.165) is 10.8 Å². The lowest BCUT2D eigenvalue weighted by Gasteiger charge is -2.09. The molecule has 0 unspecified atom stereocenters. The monoisotopic (exact) mass is 485 g/mol. The Bertz CT molecular complexity index is 1370. The normalized spacial score (nSPS) is 10.6. The lowest BCUT2D eigenvalue weighted by Crippen LogP contribution is -2.15. The van der Waals surface area contributed by atoms with Crippen molar-refractivity contribution < 1.29 is 33.1 Å². The molecule has 1 N–H and O–H groups in total. The van der Waals surface area contributed by atoms with E-state index in [9.17, 15) is 19.2 Å². The van der Waals surface area contributed by atoms with E-state index in [4.69, 9.17) is 13.9 Å². The van der Waals surface area contributed by atoms with E-state index in [0.29, 0.717) is 17.7 Å². The van der Waals surface area contributed by atoms with Crippen molar-refractivity contribution in [3.8, 4) is 5.75 Å². The van der Waals surface area contributed by atoms with E-state index >= 15 is 0 Å². The number of ketones is 1. The molecule has 4 aromatic rings. The fraction of sp³-hybridized carbons (Fsp3) is 0.143. The smallest absolute Gasteiger partial charge is 0.379 e. The lowest BCUT2D eigenvalue weighted by atomic mass is 10.1. The van der Waals surface area contributed by atoms with Gasteiger partial charge in [0, 0.05) is 29.5 Å². The number of hydrogen-bond donors (Lipinski definition) is 1. The molecule has 1 amide bonds. The Balaban J connectivity index is 1.17.